The number of nitrogens with two attached hydrogens (primary N) is 2. The molecule has 0 amide bonds. The Balaban J connectivity index is 2.32. The smallest absolute Gasteiger partial charge is 0.156 e. The second kappa shape index (κ2) is 11.7. The summed E-state index contributed by atoms with van der Waals surface area (Å²) in [4.78, 5) is 0. The van der Waals surface area contributed by atoms with Crippen molar-refractivity contribution in [3.63, 3.8) is 0 Å². The Hall–Kier alpha value is -0.880. The Morgan fingerprint density at radius 3 is 1.18 bits per heavy atom. The van der Waals surface area contributed by atoms with E-state index in [0.29, 0.717) is 44.8 Å². The summed E-state index contributed by atoms with van der Waals surface area (Å²) in [6.07, 6.45) is 0. The van der Waals surface area contributed by atoms with Gasteiger partial charge in [0.15, 0.2) is 11.5 Å². The van der Waals surface area contributed by atoms with Crippen LogP contribution in [0.4, 0.5) is 0 Å². The van der Waals surface area contributed by atoms with Crippen LogP contribution in [0.1, 0.15) is 52.7 Å². The molecular weight excluding hydrogens is 502 g/mol. The first-order chi connectivity index (χ1) is 15.2. The van der Waals surface area contributed by atoms with Crippen molar-refractivity contribution < 1.29 is 9.47 Å². The molecule has 0 heterocycles. The zero-order valence-electron chi connectivity index (χ0n) is 20.0. The molecule has 2 aromatic rings. The van der Waals surface area contributed by atoms with E-state index in [9.17, 15) is 0 Å². The van der Waals surface area contributed by atoms with Crippen LogP contribution in [0.3, 0.4) is 0 Å². The van der Waals surface area contributed by atoms with Gasteiger partial charge in [0, 0.05) is 29.3 Å². The summed E-state index contributed by atoms with van der Waals surface area (Å²) in [6, 6.07) is 7.44. The highest BCUT2D eigenvalue weighted by Gasteiger charge is 2.28. The summed E-state index contributed by atoms with van der Waals surface area (Å²) in [5.41, 5.74) is 13.2. The number of halogens is 4. The van der Waals surface area contributed by atoms with Crippen LogP contribution >= 0.6 is 46.4 Å². The maximum atomic E-state index is 6.55. The van der Waals surface area contributed by atoms with Gasteiger partial charge in [-0.3, -0.25) is 0 Å². The molecule has 0 aromatic heterocycles. The minimum Gasteiger partial charge on any atom is -0.490 e. The summed E-state index contributed by atoms with van der Waals surface area (Å²) >= 11 is 26.2. The van der Waals surface area contributed by atoms with E-state index in [-0.39, 0.29) is 23.9 Å². The van der Waals surface area contributed by atoms with Crippen LogP contribution in [0.5, 0.6) is 11.5 Å². The van der Waals surface area contributed by atoms with Gasteiger partial charge in [-0.15, -0.1) is 0 Å². The summed E-state index contributed by atoms with van der Waals surface area (Å²) in [6.45, 7) is 12.9. The normalized spacial score (nSPS) is 15.6. The van der Waals surface area contributed by atoms with Crippen LogP contribution in [0.2, 0.25) is 20.1 Å². The lowest BCUT2D eigenvalue weighted by Gasteiger charge is -2.28. The van der Waals surface area contributed by atoms with Gasteiger partial charge in [-0.05, 0) is 49.2 Å². The number of rotatable bonds is 10. The van der Waals surface area contributed by atoms with Crippen LogP contribution in [-0.4, -0.2) is 25.3 Å². The minimum absolute atomic E-state index is 0.00382. The fourth-order valence-electron chi connectivity index (χ4n) is 3.02. The Labute approximate surface area is 217 Å². The Morgan fingerprint density at radius 1 is 0.667 bits per heavy atom. The maximum absolute atomic E-state index is 6.55. The van der Waals surface area contributed by atoms with E-state index in [4.69, 9.17) is 67.3 Å². The fourth-order valence-corrected chi connectivity index (χ4v) is 4.21. The second-order valence-electron chi connectivity index (χ2n) is 9.46. The van der Waals surface area contributed by atoms with Crippen molar-refractivity contribution in [3.8, 4) is 11.5 Å². The van der Waals surface area contributed by atoms with E-state index in [1.165, 1.54) is 0 Å². The molecule has 8 heteroatoms. The molecule has 0 aliphatic heterocycles. The first-order valence-electron chi connectivity index (χ1n) is 11.0. The molecule has 4 N–H and O–H groups in total. The summed E-state index contributed by atoms with van der Waals surface area (Å²) in [5.74, 6) is 1.23. The molecule has 0 aliphatic carbocycles. The van der Waals surface area contributed by atoms with Gasteiger partial charge >= 0.3 is 0 Å². The Bertz CT molecular complexity index is 842. The molecule has 33 heavy (non-hydrogen) atoms. The molecule has 0 saturated carbocycles. The summed E-state index contributed by atoms with van der Waals surface area (Å²) < 4.78 is 11.7. The van der Waals surface area contributed by atoms with E-state index in [1.54, 1.807) is 0 Å². The molecule has 0 saturated heterocycles. The molecule has 0 spiro atoms. The highest BCUT2D eigenvalue weighted by atomic mass is 35.5. The highest BCUT2D eigenvalue weighted by molar-refractivity contribution is 6.38. The minimum atomic E-state index is -0.490. The van der Waals surface area contributed by atoms with Crippen molar-refractivity contribution in [2.45, 2.75) is 59.0 Å². The lowest BCUT2D eigenvalue weighted by molar-refractivity contribution is 0.243. The molecule has 0 bridgehead atoms. The SMILES string of the molecule is CC(N)C(C)COc1c(Cl)cc(C(C)(C)c2cc(Cl)c(OCC(C)C(C)N)c(Cl)c2)cc1Cl. The highest BCUT2D eigenvalue weighted by Crippen LogP contribution is 2.44. The van der Waals surface area contributed by atoms with Crippen molar-refractivity contribution in [1.29, 1.82) is 0 Å². The van der Waals surface area contributed by atoms with Gasteiger partial charge < -0.3 is 20.9 Å². The Morgan fingerprint density at radius 2 is 0.939 bits per heavy atom. The van der Waals surface area contributed by atoms with Crippen molar-refractivity contribution in [1.82, 2.24) is 0 Å². The predicted molar refractivity (Wildman–Crippen MR) is 142 cm³/mol. The second-order valence-corrected chi connectivity index (χ2v) is 11.1. The van der Waals surface area contributed by atoms with Crippen LogP contribution < -0.4 is 20.9 Å². The predicted octanol–water partition coefficient (Wildman–Crippen LogP) is 7.35. The topological polar surface area (TPSA) is 70.5 Å². The van der Waals surface area contributed by atoms with E-state index in [1.807, 2.05) is 65.8 Å². The van der Waals surface area contributed by atoms with Gasteiger partial charge in [-0.25, -0.2) is 0 Å². The molecule has 2 aromatic carbocycles. The molecule has 4 nitrogen and oxygen atoms in total. The van der Waals surface area contributed by atoms with Gasteiger partial charge in [0.05, 0.1) is 33.3 Å². The number of hydrogen-bond acceptors (Lipinski definition) is 4. The van der Waals surface area contributed by atoms with Crippen LogP contribution in [0.25, 0.3) is 0 Å². The number of hydrogen-bond donors (Lipinski definition) is 2. The van der Waals surface area contributed by atoms with Crippen LogP contribution in [-0.2, 0) is 5.41 Å². The molecule has 184 valence electrons. The summed E-state index contributed by atoms with van der Waals surface area (Å²) in [5, 5.41) is 1.74. The first kappa shape index (κ1) is 28.4. The zero-order chi connectivity index (χ0) is 25.1. The Kier molecular flexibility index (Phi) is 10.1. The first-order valence-corrected chi connectivity index (χ1v) is 12.5. The fraction of sp³-hybridized carbons (Fsp3) is 0.520. The molecule has 2 rings (SSSR count). The molecule has 0 fully saturated rings. The van der Waals surface area contributed by atoms with Crippen molar-refractivity contribution in [2.24, 2.45) is 23.3 Å². The quantitative estimate of drug-likeness (QED) is 0.333. The molecular formula is C25H34Cl4N2O2. The maximum Gasteiger partial charge on any atom is 0.156 e. The number of benzene rings is 2. The van der Waals surface area contributed by atoms with E-state index < -0.39 is 5.41 Å². The van der Waals surface area contributed by atoms with Crippen LogP contribution in [0.15, 0.2) is 24.3 Å². The standard InChI is InChI=1S/C25H34Cl4N2O2/c1-13(15(3)30)11-32-23-19(26)7-17(8-20(23)27)25(5,6)18-9-21(28)24(22(29)10-18)33-12-14(2)16(4)31/h7-10,13-16H,11-12,30-31H2,1-6H3. The third kappa shape index (κ3) is 7.06. The van der Waals surface area contributed by atoms with E-state index >= 15 is 0 Å². The molecule has 4 atom stereocenters. The lowest BCUT2D eigenvalue weighted by Crippen LogP contribution is -2.29. The van der Waals surface area contributed by atoms with Gasteiger partial charge in [-0.2, -0.15) is 0 Å². The van der Waals surface area contributed by atoms with E-state index in [2.05, 4.69) is 0 Å². The molecule has 0 radical (unpaired) electrons. The van der Waals surface area contributed by atoms with Crippen molar-refractivity contribution in [3.05, 3.63) is 55.5 Å². The lowest BCUT2D eigenvalue weighted by atomic mass is 9.78. The molecule has 4 unspecified atom stereocenters. The monoisotopic (exact) mass is 534 g/mol. The van der Waals surface area contributed by atoms with Gasteiger partial charge in [-0.1, -0.05) is 74.1 Å². The van der Waals surface area contributed by atoms with E-state index in [0.717, 1.165) is 11.1 Å². The van der Waals surface area contributed by atoms with Crippen molar-refractivity contribution in [2.75, 3.05) is 13.2 Å². The molecule has 0 aliphatic rings. The third-order valence-corrected chi connectivity index (χ3v) is 7.34. The average molecular weight is 536 g/mol. The van der Waals surface area contributed by atoms with Gasteiger partial charge in [0.2, 0.25) is 0 Å². The summed E-state index contributed by atoms with van der Waals surface area (Å²) in [7, 11) is 0. The zero-order valence-corrected chi connectivity index (χ0v) is 23.0. The van der Waals surface area contributed by atoms with Crippen LogP contribution in [0, 0.1) is 11.8 Å². The third-order valence-electron chi connectivity index (χ3n) is 6.22. The van der Waals surface area contributed by atoms with Gasteiger partial charge in [0.25, 0.3) is 0 Å². The average Bonchev–Trinajstić information content (AvgIpc) is 2.71. The largest absolute Gasteiger partial charge is 0.490 e. The number of ether oxygens (including phenoxy) is 2. The van der Waals surface area contributed by atoms with Gasteiger partial charge in [0.1, 0.15) is 0 Å². The van der Waals surface area contributed by atoms with Crippen molar-refractivity contribution >= 4 is 46.4 Å².